The summed E-state index contributed by atoms with van der Waals surface area (Å²) in [5.74, 6) is 1.66. The molecule has 1 aliphatic carbocycles. The Labute approximate surface area is 127 Å². The van der Waals surface area contributed by atoms with E-state index < -0.39 is 5.54 Å². The van der Waals surface area contributed by atoms with Crippen LogP contribution in [0.2, 0.25) is 0 Å². The minimum atomic E-state index is -0.692. The summed E-state index contributed by atoms with van der Waals surface area (Å²) in [6.45, 7) is 11.2. The SMILES string of the molecule is CC(Cc1nc(C(C)(N)COC2CCC2)no1)C(C)(C)C. The molecule has 1 aliphatic rings. The first-order chi connectivity index (χ1) is 9.68. The zero-order chi connectivity index (χ0) is 15.7. The molecular formula is C16H29N3O2. The van der Waals surface area contributed by atoms with E-state index in [0.29, 0.717) is 30.3 Å². The lowest BCUT2D eigenvalue weighted by atomic mass is 9.80. The van der Waals surface area contributed by atoms with E-state index in [1.54, 1.807) is 0 Å². The van der Waals surface area contributed by atoms with Gasteiger partial charge in [-0.1, -0.05) is 32.9 Å². The number of hydrogen-bond acceptors (Lipinski definition) is 5. The zero-order valence-electron chi connectivity index (χ0n) is 14.0. The van der Waals surface area contributed by atoms with Crippen molar-refractivity contribution in [3.8, 4) is 0 Å². The van der Waals surface area contributed by atoms with Gasteiger partial charge in [0, 0.05) is 6.42 Å². The first-order valence-electron chi connectivity index (χ1n) is 7.92. The van der Waals surface area contributed by atoms with E-state index in [-0.39, 0.29) is 5.41 Å². The number of aromatic nitrogens is 2. The molecule has 2 unspecified atom stereocenters. The van der Waals surface area contributed by atoms with Crippen LogP contribution in [0, 0.1) is 11.3 Å². The van der Waals surface area contributed by atoms with Crippen molar-refractivity contribution in [3.63, 3.8) is 0 Å². The number of nitrogens with zero attached hydrogens (tertiary/aromatic N) is 2. The molecule has 2 rings (SSSR count). The molecule has 1 aromatic heterocycles. The summed E-state index contributed by atoms with van der Waals surface area (Å²) in [6.07, 6.45) is 4.66. The highest BCUT2D eigenvalue weighted by atomic mass is 16.5. The molecule has 1 fully saturated rings. The van der Waals surface area contributed by atoms with Gasteiger partial charge < -0.3 is 15.0 Å². The number of rotatable bonds is 6. The molecule has 1 saturated carbocycles. The van der Waals surface area contributed by atoms with Gasteiger partial charge in [0.15, 0.2) is 5.82 Å². The fraction of sp³-hybridized carbons (Fsp3) is 0.875. The second-order valence-corrected chi connectivity index (χ2v) is 7.76. The van der Waals surface area contributed by atoms with E-state index >= 15 is 0 Å². The number of nitrogens with two attached hydrogens (primary N) is 1. The molecule has 5 nitrogen and oxygen atoms in total. The first-order valence-corrected chi connectivity index (χ1v) is 7.92. The van der Waals surface area contributed by atoms with E-state index in [4.69, 9.17) is 15.0 Å². The van der Waals surface area contributed by atoms with Crippen LogP contribution >= 0.6 is 0 Å². The van der Waals surface area contributed by atoms with Crippen LogP contribution in [0.15, 0.2) is 4.52 Å². The Morgan fingerprint density at radius 3 is 2.52 bits per heavy atom. The van der Waals surface area contributed by atoms with Gasteiger partial charge in [-0.3, -0.25) is 0 Å². The van der Waals surface area contributed by atoms with Crippen molar-refractivity contribution in [3.05, 3.63) is 11.7 Å². The van der Waals surface area contributed by atoms with Gasteiger partial charge in [-0.15, -0.1) is 0 Å². The second-order valence-electron chi connectivity index (χ2n) is 7.76. The van der Waals surface area contributed by atoms with E-state index in [1.165, 1.54) is 6.42 Å². The monoisotopic (exact) mass is 295 g/mol. The predicted octanol–water partition coefficient (Wildman–Crippen LogP) is 3.04. The molecule has 0 saturated heterocycles. The summed E-state index contributed by atoms with van der Waals surface area (Å²) in [5.41, 5.74) is 5.81. The minimum absolute atomic E-state index is 0.216. The van der Waals surface area contributed by atoms with Crippen LogP contribution in [0.1, 0.15) is 65.6 Å². The Morgan fingerprint density at radius 1 is 1.33 bits per heavy atom. The number of hydrogen-bond donors (Lipinski definition) is 1. The third kappa shape index (κ3) is 4.27. The second kappa shape index (κ2) is 6.05. The zero-order valence-corrected chi connectivity index (χ0v) is 14.0. The molecule has 120 valence electrons. The van der Waals surface area contributed by atoms with Gasteiger partial charge in [0.1, 0.15) is 5.54 Å². The van der Waals surface area contributed by atoms with Gasteiger partial charge in [0.2, 0.25) is 5.89 Å². The smallest absolute Gasteiger partial charge is 0.227 e. The fourth-order valence-electron chi connectivity index (χ4n) is 2.03. The Kier molecular flexibility index (Phi) is 4.73. The Balaban J connectivity index is 1.94. The van der Waals surface area contributed by atoms with Crippen molar-refractivity contribution >= 4 is 0 Å². The lowest BCUT2D eigenvalue weighted by Crippen LogP contribution is -2.41. The van der Waals surface area contributed by atoms with Crippen molar-refractivity contribution in [2.75, 3.05) is 6.61 Å². The van der Waals surface area contributed by atoms with E-state index in [1.807, 2.05) is 6.92 Å². The van der Waals surface area contributed by atoms with Crippen LogP contribution in [0.5, 0.6) is 0 Å². The molecule has 0 aliphatic heterocycles. The van der Waals surface area contributed by atoms with Crippen molar-refractivity contribution in [1.29, 1.82) is 0 Å². The van der Waals surface area contributed by atoms with Crippen LogP contribution in [0.3, 0.4) is 0 Å². The lowest BCUT2D eigenvalue weighted by molar-refractivity contribution is -0.0222. The summed E-state index contributed by atoms with van der Waals surface area (Å²) in [6, 6.07) is 0. The third-order valence-corrected chi connectivity index (χ3v) is 4.61. The maximum atomic E-state index is 6.29. The predicted molar refractivity (Wildman–Crippen MR) is 81.8 cm³/mol. The van der Waals surface area contributed by atoms with Gasteiger partial charge in [-0.25, -0.2) is 0 Å². The molecule has 1 heterocycles. The van der Waals surface area contributed by atoms with Crippen molar-refractivity contribution < 1.29 is 9.26 Å². The fourth-order valence-corrected chi connectivity index (χ4v) is 2.03. The average molecular weight is 295 g/mol. The largest absolute Gasteiger partial charge is 0.376 e. The van der Waals surface area contributed by atoms with Crippen LogP contribution < -0.4 is 5.73 Å². The summed E-state index contributed by atoms with van der Waals surface area (Å²) >= 11 is 0. The molecule has 0 spiro atoms. The maximum absolute atomic E-state index is 6.29. The lowest BCUT2D eigenvalue weighted by Gasteiger charge is -2.29. The van der Waals surface area contributed by atoms with Crippen LogP contribution in [-0.2, 0) is 16.7 Å². The summed E-state index contributed by atoms with van der Waals surface area (Å²) < 4.78 is 11.2. The molecule has 0 amide bonds. The summed E-state index contributed by atoms with van der Waals surface area (Å²) in [4.78, 5) is 4.47. The molecule has 2 N–H and O–H groups in total. The van der Waals surface area contributed by atoms with Crippen molar-refractivity contribution in [2.24, 2.45) is 17.1 Å². The molecule has 21 heavy (non-hydrogen) atoms. The quantitative estimate of drug-likeness (QED) is 0.873. The third-order valence-electron chi connectivity index (χ3n) is 4.61. The van der Waals surface area contributed by atoms with Gasteiger partial charge in [-0.05, 0) is 37.5 Å². The summed E-state index contributed by atoms with van der Waals surface area (Å²) in [7, 11) is 0. The van der Waals surface area contributed by atoms with E-state index in [2.05, 4.69) is 37.8 Å². The molecular weight excluding hydrogens is 266 g/mol. The number of ether oxygens (including phenoxy) is 1. The molecule has 0 aromatic carbocycles. The topological polar surface area (TPSA) is 74.2 Å². The molecule has 1 aromatic rings. The summed E-state index contributed by atoms with van der Waals surface area (Å²) in [5, 5.41) is 4.05. The van der Waals surface area contributed by atoms with Gasteiger partial charge in [-0.2, -0.15) is 4.98 Å². The molecule has 2 atom stereocenters. The van der Waals surface area contributed by atoms with Crippen LogP contribution in [-0.4, -0.2) is 22.9 Å². The highest BCUT2D eigenvalue weighted by Crippen LogP contribution is 2.29. The Bertz CT molecular complexity index is 458. The maximum Gasteiger partial charge on any atom is 0.227 e. The molecule has 0 radical (unpaired) electrons. The molecule has 0 bridgehead atoms. The van der Waals surface area contributed by atoms with Crippen LogP contribution in [0.4, 0.5) is 0 Å². The van der Waals surface area contributed by atoms with Gasteiger partial charge >= 0.3 is 0 Å². The van der Waals surface area contributed by atoms with Crippen molar-refractivity contribution in [2.45, 2.75) is 71.9 Å². The van der Waals surface area contributed by atoms with Gasteiger partial charge in [0.05, 0.1) is 12.7 Å². The van der Waals surface area contributed by atoms with Crippen LogP contribution in [0.25, 0.3) is 0 Å². The van der Waals surface area contributed by atoms with E-state index in [9.17, 15) is 0 Å². The van der Waals surface area contributed by atoms with Crippen molar-refractivity contribution in [1.82, 2.24) is 10.1 Å². The van der Waals surface area contributed by atoms with E-state index in [0.717, 1.165) is 19.3 Å². The first kappa shape index (κ1) is 16.4. The molecule has 5 heteroatoms. The highest BCUT2D eigenvalue weighted by Gasteiger charge is 2.31. The normalized spacial score (nSPS) is 20.9. The minimum Gasteiger partial charge on any atom is -0.376 e. The highest BCUT2D eigenvalue weighted by molar-refractivity contribution is 5.02. The average Bonchev–Trinajstić information content (AvgIpc) is 2.74. The Morgan fingerprint density at radius 2 is 2.00 bits per heavy atom. The Hall–Kier alpha value is -0.940. The van der Waals surface area contributed by atoms with Gasteiger partial charge in [0.25, 0.3) is 0 Å². The standard InChI is InChI=1S/C16H29N3O2/c1-11(15(2,3)4)9-13-18-14(19-21-13)16(5,17)10-20-12-7-6-8-12/h11-12H,6-10,17H2,1-5H3.